The first kappa shape index (κ1) is 11.9. The summed E-state index contributed by atoms with van der Waals surface area (Å²) in [6, 6.07) is 10.8. The molecule has 0 aliphatic carbocycles. The monoisotopic (exact) mass is 252 g/mol. The SMILES string of the molecule is OCc1ccc(Oc2cccc(F)c2)cc1Cl. The Morgan fingerprint density at radius 3 is 2.53 bits per heavy atom. The number of ether oxygens (including phenoxy) is 1. The molecule has 1 N–H and O–H groups in total. The van der Waals surface area contributed by atoms with Gasteiger partial charge in [-0.2, -0.15) is 0 Å². The molecule has 4 heteroatoms. The maximum atomic E-state index is 12.9. The predicted molar refractivity (Wildman–Crippen MR) is 63.8 cm³/mol. The van der Waals surface area contributed by atoms with Crippen LogP contribution in [-0.2, 0) is 6.61 Å². The number of rotatable bonds is 3. The molecular formula is C13H10ClFO2. The van der Waals surface area contributed by atoms with Gasteiger partial charge in [0.1, 0.15) is 17.3 Å². The smallest absolute Gasteiger partial charge is 0.130 e. The zero-order valence-corrected chi connectivity index (χ0v) is 9.62. The minimum atomic E-state index is -0.361. The van der Waals surface area contributed by atoms with Gasteiger partial charge in [-0.1, -0.05) is 23.7 Å². The van der Waals surface area contributed by atoms with E-state index < -0.39 is 0 Å². The van der Waals surface area contributed by atoms with Gasteiger partial charge in [0.15, 0.2) is 0 Å². The molecule has 0 spiro atoms. The van der Waals surface area contributed by atoms with Crippen molar-refractivity contribution in [2.45, 2.75) is 6.61 Å². The Hall–Kier alpha value is -1.58. The maximum absolute atomic E-state index is 12.9. The Morgan fingerprint density at radius 2 is 1.88 bits per heavy atom. The first-order valence-electron chi connectivity index (χ1n) is 5.02. The second kappa shape index (κ2) is 5.17. The van der Waals surface area contributed by atoms with Crippen LogP contribution in [0.3, 0.4) is 0 Å². The van der Waals surface area contributed by atoms with Gasteiger partial charge in [0.25, 0.3) is 0 Å². The van der Waals surface area contributed by atoms with E-state index >= 15 is 0 Å². The fourth-order valence-electron chi connectivity index (χ4n) is 1.39. The highest BCUT2D eigenvalue weighted by Crippen LogP contribution is 2.27. The third-order valence-corrected chi connectivity index (χ3v) is 2.58. The Kier molecular flexibility index (Phi) is 3.61. The molecule has 0 heterocycles. The molecule has 0 atom stereocenters. The number of halogens is 2. The van der Waals surface area contributed by atoms with Gasteiger partial charge in [-0.3, -0.25) is 0 Å². The van der Waals surface area contributed by atoms with E-state index in [0.717, 1.165) is 0 Å². The molecule has 17 heavy (non-hydrogen) atoms. The molecule has 0 bridgehead atoms. The number of aliphatic hydroxyl groups excluding tert-OH is 1. The van der Waals surface area contributed by atoms with Gasteiger partial charge in [-0.15, -0.1) is 0 Å². The van der Waals surface area contributed by atoms with Crippen molar-refractivity contribution >= 4 is 11.6 Å². The normalized spacial score (nSPS) is 10.3. The second-order valence-electron chi connectivity index (χ2n) is 3.47. The minimum Gasteiger partial charge on any atom is -0.457 e. The van der Waals surface area contributed by atoms with Gasteiger partial charge in [0, 0.05) is 11.1 Å². The van der Waals surface area contributed by atoms with E-state index in [1.54, 1.807) is 30.3 Å². The van der Waals surface area contributed by atoms with Crippen LogP contribution in [0.25, 0.3) is 0 Å². The summed E-state index contributed by atoms with van der Waals surface area (Å²) in [5, 5.41) is 9.38. The maximum Gasteiger partial charge on any atom is 0.130 e. The summed E-state index contributed by atoms with van der Waals surface area (Å²) < 4.78 is 18.4. The zero-order chi connectivity index (χ0) is 12.3. The third-order valence-electron chi connectivity index (χ3n) is 2.23. The molecule has 2 rings (SSSR count). The van der Waals surface area contributed by atoms with Crippen LogP contribution in [0.1, 0.15) is 5.56 Å². The molecule has 88 valence electrons. The molecule has 0 saturated heterocycles. The molecule has 2 aromatic rings. The van der Waals surface area contributed by atoms with E-state index in [2.05, 4.69) is 0 Å². The third kappa shape index (κ3) is 2.96. The molecule has 0 aliphatic rings. The summed E-state index contributed by atoms with van der Waals surface area (Å²) in [4.78, 5) is 0. The summed E-state index contributed by atoms with van der Waals surface area (Å²) >= 11 is 5.91. The number of benzene rings is 2. The zero-order valence-electron chi connectivity index (χ0n) is 8.86. The molecule has 2 nitrogen and oxygen atoms in total. The lowest BCUT2D eigenvalue weighted by atomic mass is 10.2. The van der Waals surface area contributed by atoms with E-state index in [1.807, 2.05) is 0 Å². The highest BCUT2D eigenvalue weighted by molar-refractivity contribution is 6.31. The summed E-state index contributed by atoms with van der Waals surface area (Å²) in [6.07, 6.45) is 0. The fraction of sp³-hybridized carbons (Fsp3) is 0.0769. The number of hydrogen-bond donors (Lipinski definition) is 1. The molecule has 0 amide bonds. The summed E-state index contributed by atoms with van der Waals surface area (Å²) in [6.45, 7) is -0.126. The van der Waals surface area contributed by atoms with Gasteiger partial charge in [0.05, 0.1) is 6.61 Å². The fourth-order valence-corrected chi connectivity index (χ4v) is 1.62. The van der Waals surface area contributed by atoms with Gasteiger partial charge < -0.3 is 9.84 Å². The first-order valence-corrected chi connectivity index (χ1v) is 5.39. The average Bonchev–Trinajstić information content (AvgIpc) is 2.29. The van der Waals surface area contributed by atoms with E-state index in [0.29, 0.717) is 22.1 Å². The van der Waals surface area contributed by atoms with Crippen molar-refractivity contribution in [1.82, 2.24) is 0 Å². The number of hydrogen-bond acceptors (Lipinski definition) is 2. The Labute approximate surface area is 103 Å². The van der Waals surface area contributed by atoms with Crippen LogP contribution in [0.2, 0.25) is 5.02 Å². The summed E-state index contributed by atoms with van der Waals surface area (Å²) in [5.41, 5.74) is 0.623. The van der Waals surface area contributed by atoms with Crippen molar-refractivity contribution in [2.24, 2.45) is 0 Å². The predicted octanol–water partition coefficient (Wildman–Crippen LogP) is 3.76. The van der Waals surface area contributed by atoms with E-state index in [9.17, 15) is 4.39 Å². The second-order valence-corrected chi connectivity index (χ2v) is 3.88. The van der Waals surface area contributed by atoms with Crippen LogP contribution in [0.15, 0.2) is 42.5 Å². The van der Waals surface area contributed by atoms with Crippen LogP contribution < -0.4 is 4.74 Å². The van der Waals surface area contributed by atoms with Crippen LogP contribution >= 0.6 is 11.6 Å². The highest BCUT2D eigenvalue weighted by Gasteiger charge is 2.03. The highest BCUT2D eigenvalue weighted by atomic mass is 35.5. The van der Waals surface area contributed by atoms with Crippen molar-refractivity contribution in [1.29, 1.82) is 0 Å². The van der Waals surface area contributed by atoms with Gasteiger partial charge in [0.2, 0.25) is 0 Å². The van der Waals surface area contributed by atoms with Crippen LogP contribution in [0.5, 0.6) is 11.5 Å². The Bertz CT molecular complexity index is 529. The molecule has 2 aromatic carbocycles. The minimum absolute atomic E-state index is 0.126. The molecule has 0 radical (unpaired) electrons. The largest absolute Gasteiger partial charge is 0.457 e. The standard InChI is InChI=1S/C13H10ClFO2/c14-13-7-12(5-4-9(13)8-16)17-11-3-1-2-10(15)6-11/h1-7,16H,8H2. The number of aliphatic hydroxyl groups is 1. The van der Waals surface area contributed by atoms with Gasteiger partial charge in [-0.05, 0) is 29.8 Å². The van der Waals surface area contributed by atoms with Crippen molar-refractivity contribution in [2.75, 3.05) is 0 Å². The molecule has 0 saturated carbocycles. The quantitative estimate of drug-likeness (QED) is 0.901. The molecule has 0 fully saturated rings. The van der Waals surface area contributed by atoms with Crippen molar-refractivity contribution in [3.05, 3.63) is 58.9 Å². The van der Waals surface area contributed by atoms with Gasteiger partial charge >= 0.3 is 0 Å². The lowest BCUT2D eigenvalue weighted by molar-refractivity contribution is 0.282. The van der Waals surface area contributed by atoms with Gasteiger partial charge in [-0.25, -0.2) is 4.39 Å². The molecule has 0 aromatic heterocycles. The molecule has 0 unspecified atom stereocenters. The van der Waals surface area contributed by atoms with Crippen molar-refractivity contribution < 1.29 is 14.2 Å². The van der Waals surface area contributed by atoms with E-state index in [1.165, 1.54) is 12.1 Å². The first-order chi connectivity index (χ1) is 8.19. The van der Waals surface area contributed by atoms with E-state index in [4.69, 9.17) is 21.4 Å². The molecule has 0 aliphatic heterocycles. The van der Waals surface area contributed by atoms with Crippen LogP contribution in [0.4, 0.5) is 4.39 Å². The molecular weight excluding hydrogens is 243 g/mol. The Balaban J connectivity index is 2.22. The summed E-state index contributed by atoms with van der Waals surface area (Å²) in [5.74, 6) is 0.538. The lowest BCUT2D eigenvalue weighted by Gasteiger charge is -2.07. The van der Waals surface area contributed by atoms with Crippen LogP contribution in [0, 0.1) is 5.82 Å². The topological polar surface area (TPSA) is 29.5 Å². The average molecular weight is 253 g/mol. The Morgan fingerprint density at radius 1 is 1.12 bits per heavy atom. The summed E-state index contributed by atoms with van der Waals surface area (Å²) in [7, 11) is 0. The van der Waals surface area contributed by atoms with Crippen molar-refractivity contribution in [3.63, 3.8) is 0 Å². The van der Waals surface area contributed by atoms with E-state index in [-0.39, 0.29) is 12.4 Å². The lowest BCUT2D eigenvalue weighted by Crippen LogP contribution is -1.88. The van der Waals surface area contributed by atoms with Crippen LogP contribution in [-0.4, -0.2) is 5.11 Å². The van der Waals surface area contributed by atoms with Crippen molar-refractivity contribution in [3.8, 4) is 11.5 Å².